The molecule has 2 aliphatic rings. The van der Waals surface area contributed by atoms with Gasteiger partial charge in [0, 0.05) is 18.6 Å². The Hall–Kier alpha value is -0.0400. The second kappa shape index (κ2) is 2.98. The van der Waals surface area contributed by atoms with Crippen molar-refractivity contribution < 1.29 is 0 Å². The number of hydrogen-bond donors (Lipinski definition) is 0. The Morgan fingerprint density at radius 2 is 1.79 bits per heavy atom. The summed E-state index contributed by atoms with van der Waals surface area (Å²) < 4.78 is 0. The monoisotopic (exact) mass is 195 g/mol. The zero-order valence-corrected chi connectivity index (χ0v) is 10.4. The minimum absolute atomic E-state index is 0.571. The van der Waals surface area contributed by atoms with Gasteiger partial charge in [-0.1, -0.05) is 20.8 Å². The first kappa shape index (κ1) is 10.5. The average Bonchev–Trinajstić information content (AvgIpc) is 2.19. The lowest BCUT2D eigenvalue weighted by Gasteiger charge is -2.40. The molecule has 1 heteroatoms. The SMILES string of the molecule is CC(C)N1C[C@]2(C)C[C@@H]1CC(C)(C)C2. The van der Waals surface area contributed by atoms with Crippen molar-refractivity contribution in [3.05, 3.63) is 0 Å². The highest BCUT2D eigenvalue weighted by Crippen LogP contribution is 2.52. The normalized spacial score (nSPS) is 42.0. The smallest absolute Gasteiger partial charge is 0.0109 e. The minimum atomic E-state index is 0.571. The number of fused-ring (bicyclic) bond motifs is 2. The van der Waals surface area contributed by atoms with Crippen molar-refractivity contribution in [2.24, 2.45) is 10.8 Å². The van der Waals surface area contributed by atoms with Gasteiger partial charge in [0.05, 0.1) is 0 Å². The van der Waals surface area contributed by atoms with E-state index < -0.39 is 0 Å². The largest absolute Gasteiger partial charge is 0.297 e. The molecule has 2 rings (SSSR count). The van der Waals surface area contributed by atoms with E-state index in [1.807, 2.05) is 0 Å². The molecule has 2 atom stereocenters. The molecule has 0 N–H and O–H groups in total. The first-order valence-electron chi connectivity index (χ1n) is 6.07. The fraction of sp³-hybridized carbons (Fsp3) is 1.00. The first-order chi connectivity index (χ1) is 6.31. The van der Waals surface area contributed by atoms with Gasteiger partial charge in [-0.15, -0.1) is 0 Å². The standard InChI is InChI=1S/C13H25N/c1-10(2)14-9-13(5)7-11(14)6-12(3,4)8-13/h10-11H,6-9H2,1-5H3/t11-,13+/m0/s1. The van der Waals surface area contributed by atoms with Crippen LogP contribution in [-0.4, -0.2) is 23.5 Å². The van der Waals surface area contributed by atoms with Crippen LogP contribution < -0.4 is 0 Å². The summed E-state index contributed by atoms with van der Waals surface area (Å²) >= 11 is 0. The molecule has 0 unspecified atom stereocenters. The van der Waals surface area contributed by atoms with Crippen LogP contribution in [0, 0.1) is 10.8 Å². The Morgan fingerprint density at radius 3 is 2.36 bits per heavy atom. The van der Waals surface area contributed by atoms with Crippen molar-refractivity contribution in [2.45, 2.75) is 66.0 Å². The molecule has 0 aromatic heterocycles. The third kappa shape index (κ3) is 1.71. The summed E-state index contributed by atoms with van der Waals surface area (Å²) in [5.41, 5.74) is 1.18. The lowest BCUT2D eigenvalue weighted by atomic mass is 9.65. The number of nitrogens with zero attached hydrogens (tertiary/aromatic N) is 1. The van der Waals surface area contributed by atoms with Crippen molar-refractivity contribution in [3.63, 3.8) is 0 Å². The van der Waals surface area contributed by atoms with Crippen LogP contribution in [-0.2, 0) is 0 Å². The summed E-state index contributed by atoms with van der Waals surface area (Å²) in [5.74, 6) is 0. The van der Waals surface area contributed by atoms with Crippen LogP contribution in [0.15, 0.2) is 0 Å². The minimum Gasteiger partial charge on any atom is -0.297 e. The number of likely N-dealkylation sites (tertiary alicyclic amines) is 1. The van der Waals surface area contributed by atoms with Crippen LogP contribution in [0.2, 0.25) is 0 Å². The van der Waals surface area contributed by atoms with Crippen LogP contribution in [0.4, 0.5) is 0 Å². The van der Waals surface area contributed by atoms with Gasteiger partial charge in [0.25, 0.3) is 0 Å². The maximum absolute atomic E-state index is 2.73. The highest BCUT2D eigenvalue weighted by molar-refractivity contribution is 5.03. The van der Waals surface area contributed by atoms with Crippen molar-refractivity contribution in [2.75, 3.05) is 6.54 Å². The summed E-state index contributed by atoms with van der Waals surface area (Å²) in [5, 5.41) is 0. The van der Waals surface area contributed by atoms with Crippen molar-refractivity contribution >= 4 is 0 Å². The Kier molecular flexibility index (Phi) is 2.23. The lowest BCUT2D eigenvalue weighted by molar-refractivity contribution is 0.122. The molecule has 0 aromatic carbocycles. The number of rotatable bonds is 1. The van der Waals surface area contributed by atoms with Gasteiger partial charge in [0.2, 0.25) is 0 Å². The summed E-state index contributed by atoms with van der Waals surface area (Å²) in [6.07, 6.45) is 4.26. The van der Waals surface area contributed by atoms with E-state index in [1.165, 1.54) is 25.8 Å². The predicted molar refractivity (Wildman–Crippen MR) is 61.4 cm³/mol. The summed E-state index contributed by atoms with van der Waals surface area (Å²) in [7, 11) is 0. The fourth-order valence-electron chi connectivity index (χ4n) is 4.11. The summed E-state index contributed by atoms with van der Waals surface area (Å²) in [4.78, 5) is 2.73. The summed E-state index contributed by atoms with van der Waals surface area (Å²) in [6, 6.07) is 1.60. The topological polar surface area (TPSA) is 3.24 Å². The highest BCUT2D eigenvalue weighted by Gasteiger charge is 2.49. The van der Waals surface area contributed by atoms with E-state index in [2.05, 4.69) is 39.5 Å². The highest BCUT2D eigenvalue weighted by atomic mass is 15.2. The van der Waals surface area contributed by atoms with Crippen LogP contribution >= 0.6 is 0 Å². The molecule has 1 aliphatic carbocycles. The first-order valence-corrected chi connectivity index (χ1v) is 6.07. The molecule has 1 aliphatic heterocycles. The molecule has 0 radical (unpaired) electrons. The molecular weight excluding hydrogens is 170 g/mol. The van der Waals surface area contributed by atoms with Gasteiger partial charge >= 0.3 is 0 Å². The Morgan fingerprint density at radius 1 is 1.14 bits per heavy atom. The van der Waals surface area contributed by atoms with E-state index in [1.54, 1.807) is 0 Å². The van der Waals surface area contributed by atoms with Crippen LogP contribution in [0.1, 0.15) is 53.9 Å². The lowest BCUT2D eigenvalue weighted by Crippen LogP contribution is -2.37. The van der Waals surface area contributed by atoms with E-state index in [9.17, 15) is 0 Å². The van der Waals surface area contributed by atoms with E-state index in [-0.39, 0.29) is 0 Å². The second-order valence-electron chi connectivity index (χ2n) is 6.98. The Balaban J connectivity index is 2.19. The molecule has 1 nitrogen and oxygen atoms in total. The zero-order valence-electron chi connectivity index (χ0n) is 10.4. The Labute approximate surface area is 88.9 Å². The van der Waals surface area contributed by atoms with Crippen molar-refractivity contribution in [1.29, 1.82) is 0 Å². The second-order valence-corrected chi connectivity index (χ2v) is 6.98. The van der Waals surface area contributed by atoms with Gasteiger partial charge in [-0.2, -0.15) is 0 Å². The maximum atomic E-state index is 2.73. The molecule has 14 heavy (non-hydrogen) atoms. The van der Waals surface area contributed by atoms with E-state index in [4.69, 9.17) is 0 Å². The van der Waals surface area contributed by atoms with E-state index in [0.717, 1.165) is 12.1 Å². The molecule has 82 valence electrons. The Bertz CT molecular complexity index is 231. The molecule has 1 saturated carbocycles. The van der Waals surface area contributed by atoms with Crippen LogP contribution in [0.3, 0.4) is 0 Å². The van der Waals surface area contributed by atoms with Gasteiger partial charge in [-0.05, 0) is 43.9 Å². The quantitative estimate of drug-likeness (QED) is 0.620. The van der Waals surface area contributed by atoms with Gasteiger partial charge < -0.3 is 0 Å². The zero-order chi connectivity index (χ0) is 10.6. The van der Waals surface area contributed by atoms with Crippen molar-refractivity contribution in [1.82, 2.24) is 4.90 Å². The molecule has 0 amide bonds. The van der Waals surface area contributed by atoms with Crippen LogP contribution in [0.25, 0.3) is 0 Å². The molecule has 2 fully saturated rings. The van der Waals surface area contributed by atoms with Gasteiger partial charge in [0.1, 0.15) is 0 Å². The van der Waals surface area contributed by atoms with E-state index in [0.29, 0.717) is 10.8 Å². The molecular formula is C13H25N. The van der Waals surface area contributed by atoms with Gasteiger partial charge in [-0.25, -0.2) is 0 Å². The van der Waals surface area contributed by atoms with E-state index >= 15 is 0 Å². The third-order valence-electron chi connectivity index (χ3n) is 4.12. The summed E-state index contributed by atoms with van der Waals surface area (Å²) in [6.45, 7) is 13.4. The fourth-order valence-corrected chi connectivity index (χ4v) is 4.11. The third-order valence-corrected chi connectivity index (χ3v) is 4.12. The molecule has 1 saturated heterocycles. The molecule has 0 aromatic rings. The van der Waals surface area contributed by atoms with Gasteiger partial charge in [-0.3, -0.25) is 4.90 Å². The van der Waals surface area contributed by atoms with Crippen molar-refractivity contribution in [3.8, 4) is 0 Å². The van der Waals surface area contributed by atoms with Gasteiger partial charge in [0.15, 0.2) is 0 Å². The predicted octanol–water partition coefficient (Wildman–Crippen LogP) is 3.30. The number of hydrogen-bond acceptors (Lipinski definition) is 1. The van der Waals surface area contributed by atoms with Crippen LogP contribution in [0.5, 0.6) is 0 Å². The maximum Gasteiger partial charge on any atom is 0.0109 e. The molecule has 2 bridgehead atoms. The molecule has 1 heterocycles. The average molecular weight is 195 g/mol. The molecule has 0 spiro atoms.